The molecule has 1 unspecified atom stereocenters. The Labute approximate surface area is 116 Å². The minimum Gasteiger partial charge on any atom is -0.396 e. The van der Waals surface area contributed by atoms with Gasteiger partial charge in [0, 0.05) is 18.7 Å². The van der Waals surface area contributed by atoms with Gasteiger partial charge in [-0.2, -0.15) is 0 Å². The van der Waals surface area contributed by atoms with E-state index in [0.29, 0.717) is 12.5 Å². The standard InChI is InChI=1S/C16H25NO2/c1-4-5-14(6-7-18)11-17-16(19)15-9-12(2)8-13(3)10-15/h8-10,14,18H,4-7,11H2,1-3H3,(H,17,19). The summed E-state index contributed by atoms with van der Waals surface area (Å²) >= 11 is 0. The SMILES string of the molecule is CCCC(CCO)CNC(=O)c1cc(C)cc(C)c1. The van der Waals surface area contributed by atoms with Crippen molar-refractivity contribution in [3.8, 4) is 0 Å². The summed E-state index contributed by atoms with van der Waals surface area (Å²) < 4.78 is 0. The Morgan fingerprint density at radius 2 is 1.84 bits per heavy atom. The Morgan fingerprint density at radius 1 is 1.21 bits per heavy atom. The van der Waals surface area contributed by atoms with E-state index in [2.05, 4.69) is 18.3 Å². The lowest BCUT2D eigenvalue weighted by atomic mass is 10.00. The monoisotopic (exact) mass is 263 g/mol. The van der Waals surface area contributed by atoms with Crippen LogP contribution in [0.3, 0.4) is 0 Å². The second-order valence-corrected chi connectivity index (χ2v) is 5.25. The number of hydrogen-bond acceptors (Lipinski definition) is 2. The second-order valence-electron chi connectivity index (χ2n) is 5.25. The Bertz CT molecular complexity index is 389. The fourth-order valence-corrected chi connectivity index (χ4v) is 2.38. The Kier molecular flexibility index (Phi) is 6.57. The summed E-state index contributed by atoms with van der Waals surface area (Å²) in [6.07, 6.45) is 2.86. The Morgan fingerprint density at radius 3 is 2.37 bits per heavy atom. The van der Waals surface area contributed by atoms with Gasteiger partial charge in [0.2, 0.25) is 0 Å². The lowest BCUT2D eigenvalue weighted by molar-refractivity contribution is 0.0942. The van der Waals surface area contributed by atoms with E-state index in [1.165, 1.54) is 0 Å². The van der Waals surface area contributed by atoms with Crippen molar-refractivity contribution in [1.29, 1.82) is 0 Å². The summed E-state index contributed by atoms with van der Waals surface area (Å²) in [5.74, 6) is 0.343. The fraction of sp³-hybridized carbons (Fsp3) is 0.562. The minimum atomic E-state index is -0.0224. The van der Waals surface area contributed by atoms with Crippen molar-refractivity contribution in [3.05, 3.63) is 34.9 Å². The number of aryl methyl sites for hydroxylation is 2. The van der Waals surface area contributed by atoms with Crippen LogP contribution in [0, 0.1) is 19.8 Å². The van der Waals surface area contributed by atoms with Crippen molar-refractivity contribution in [1.82, 2.24) is 5.32 Å². The van der Waals surface area contributed by atoms with E-state index >= 15 is 0 Å². The molecule has 2 N–H and O–H groups in total. The van der Waals surface area contributed by atoms with Crippen molar-refractivity contribution >= 4 is 5.91 Å². The van der Waals surface area contributed by atoms with Crippen LogP contribution in [0.1, 0.15) is 47.7 Å². The number of benzene rings is 1. The van der Waals surface area contributed by atoms with Crippen LogP contribution in [0.4, 0.5) is 0 Å². The molecular formula is C16H25NO2. The Hall–Kier alpha value is -1.35. The van der Waals surface area contributed by atoms with Gasteiger partial charge in [-0.15, -0.1) is 0 Å². The summed E-state index contributed by atoms with van der Waals surface area (Å²) in [6.45, 7) is 6.94. The van der Waals surface area contributed by atoms with Gasteiger partial charge in [-0.1, -0.05) is 30.5 Å². The molecular weight excluding hydrogens is 238 g/mol. The van der Waals surface area contributed by atoms with Crippen LogP contribution in [0.15, 0.2) is 18.2 Å². The van der Waals surface area contributed by atoms with Crippen LogP contribution in [0.25, 0.3) is 0 Å². The van der Waals surface area contributed by atoms with Crippen LogP contribution >= 0.6 is 0 Å². The number of carbonyl (C=O) groups excluding carboxylic acids is 1. The molecule has 0 aromatic heterocycles. The van der Waals surface area contributed by atoms with Gasteiger partial charge in [0.25, 0.3) is 5.91 Å². The average Bonchev–Trinajstić information content (AvgIpc) is 2.35. The third-order valence-corrected chi connectivity index (χ3v) is 3.27. The number of hydrogen-bond donors (Lipinski definition) is 2. The van der Waals surface area contributed by atoms with Crippen molar-refractivity contribution in [3.63, 3.8) is 0 Å². The normalized spacial score (nSPS) is 12.2. The third-order valence-electron chi connectivity index (χ3n) is 3.27. The molecule has 1 atom stereocenters. The first kappa shape index (κ1) is 15.7. The van der Waals surface area contributed by atoms with Crippen LogP contribution in [0.5, 0.6) is 0 Å². The smallest absolute Gasteiger partial charge is 0.251 e. The molecule has 19 heavy (non-hydrogen) atoms. The molecule has 0 aliphatic carbocycles. The van der Waals surface area contributed by atoms with Crippen LogP contribution in [0.2, 0.25) is 0 Å². The maximum absolute atomic E-state index is 12.1. The van der Waals surface area contributed by atoms with Gasteiger partial charge in [-0.05, 0) is 44.7 Å². The largest absolute Gasteiger partial charge is 0.396 e. The van der Waals surface area contributed by atoms with E-state index < -0.39 is 0 Å². The van der Waals surface area contributed by atoms with Crippen molar-refractivity contribution in [2.75, 3.05) is 13.2 Å². The molecule has 0 saturated heterocycles. The number of amides is 1. The molecule has 0 aliphatic heterocycles. The fourth-order valence-electron chi connectivity index (χ4n) is 2.38. The van der Waals surface area contributed by atoms with Crippen molar-refractivity contribution in [2.45, 2.75) is 40.0 Å². The van der Waals surface area contributed by atoms with Gasteiger partial charge in [-0.3, -0.25) is 4.79 Å². The first-order valence-corrected chi connectivity index (χ1v) is 7.04. The molecule has 0 saturated carbocycles. The average molecular weight is 263 g/mol. The van der Waals surface area contributed by atoms with Crippen LogP contribution < -0.4 is 5.32 Å². The van der Waals surface area contributed by atoms with Gasteiger partial charge in [0.15, 0.2) is 0 Å². The highest BCUT2D eigenvalue weighted by Crippen LogP contribution is 2.11. The summed E-state index contributed by atoms with van der Waals surface area (Å²) in [6, 6.07) is 5.87. The van der Waals surface area contributed by atoms with Gasteiger partial charge >= 0.3 is 0 Å². The zero-order valence-electron chi connectivity index (χ0n) is 12.2. The van der Waals surface area contributed by atoms with E-state index in [1.807, 2.05) is 26.0 Å². The number of carbonyl (C=O) groups is 1. The predicted molar refractivity (Wildman–Crippen MR) is 78.4 cm³/mol. The van der Waals surface area contributed by atoms with E-state index in [9.17, 15) is 4.79 Å². The molecule has 1 amide bonds. The molecule has 0 spiro atoms. The number of nitrogens with one attached hydrogen (secondary N) is 1. The molecule has 1 aromatic carbocycles. The molecule has 0 fully saturated rings. The molecule has 0 bridgehead atoms. The topological polar surface area (TPSA) is 49.3 Å². The number of aliphatic hydroxyl groups is 1. The lowest BCUT2D eigenvalue weighted by Gasteiger charge is -2.16. The van der Waals surface area contributed by atoms with E-state index in [0.717, 1.165) is 36.0 Å². The number of rotatable bonds is 7. The third kappa shape index (κ3) is 5.43. The van der Waals surface area contributed by atoms with Gasteiger partial charge < -0.3 is 10.4 Å². The zero-order valence-corrected chi connectivity index (χ0v) is 12.2. The quantitative estimate of drug-likeness (QED) is 0.794. The molecule has 1 aromatic rings. The zero-order chi connectivity index (χ0) is 14.3. The highest BCUT2D eigenvalue weighted by Gasteiger charge is 2.11. The molecule has 0 aliphatic rings. The maximum Gasteiger partial charge on any atom is 0.251 e. The molecule has 3 nitrogen and oxygen atoms in total. The number of aliphatic hydroxyl groups excluding tert-OH is 1. The predicted octanol–water partition coefficient (Wildman–Crippen LogP) is 2.83. The van der Waals surface area contributed by atoms with Crippen LogP contribution in [-0.4, -0.2) is 24.2 Å². The molecule has 106 valence electrons. The minimum absolute atomic E-state index is 0.0224. The van der Waals surface area contributed by atoms with Crippen molar-refractivity contribution in [2.24, 2.45) is 5.92 Å². The molecule has 3 heteroatoms. The summed E-state index contributed by atoms with van der Waals surface area (Å²) in [5, 5.41) is 12.0. The lowest BCUT2D eigenvalue weighted by Crippen LogP contribution is -2.29. The summed E-state index contributed by atoms with van der Waals surface area (Å²) in [5.41, 5.74) is 2.92. The Balaban J connectivity index is 2.58. The van der Waals surface area contributed by atoms with E-state index in [-0.39, 0.29) is 12.5 Å². The summed E-state index contributed by atoms with van der Waals surface area (Å²) in [7, 11) is 0. The van der Waals surface area contributed by atoms with Crippen LogP contribution in [-0.2, 0) is 0 Å². The van der Waals surface area contributed by atoms with Crippen molar-refractivity contribution < 1.29 is 9.90 Å². The van der Waals surface area contributed by atoms with Gasteiger partial charge in [-0.25, -0.2) is 0 Å². The van der Waals surface area contributed by atoms with E-state index in [1.54, 1.807) is 0 Å². The first-order valence-electron chi connectivity index (χ1n) is 7.04. The molecule has 0 radical (unpaired) electrons. The highest BCUT2D eigenvalue weighted by molar-refractivity contribution is 5.94. The van der Waals surface area contributed by atoms with E-state index in [4.69, 9.17) is 5.11 Å². The highest BCUT2D eigenvalue weighted by atomic mass is 16.3. The molecule has 1 rings (SSSR count). The maximum atomic E-state index is 12.1. The van der Waals surface area contributed by atoms with Gasteiger partial charge in [0.05, 0.1) is 0 Å². The second kappa shape index (κ2) is 7.95. The van der Waals surface area contributed by atoms with Gasteiger partial charge in [0.1, 0.15) is 0 Å². The first-order chi connectivity index (χ1) is 9.06. The summed E-state index contributed by atoms with van der Waals surface area (Å²) in [4.78, 5) is 12.1. The molecule has 0 heterocycles.